The van der Waals surface area contributed by atoms with E-state index in [0.29, 0.717) is 13.0 Å². The van der Waals surface area contributed by atoms with Gasteiger partial charge in [-0.05, 0) is 25.2 Å². The van der Waals surface area contributed by atoms with Gasteiger partial charge in [-0.15, -0.1) is 0 Å². The van der Waals surface area contributed by atoms with Gasteiger partial charge in [-0.1, -0.05) is 20.3 Å². The summed E-state index contributed by atoms with van der Waals surface area (Å²) in [7, 11) is 0. The maximum atomic E-state index is 11.7. The zero-order valence-corrected chi connectivity index (χ0v) is 9.94. The third kappa shape index (κ3) is 2.97. The van der Waals surface area contributed by atoms with Crippen molar-refractivity contribution in [1.29, 1.82) is 0 Å². The first kappa shape index (κ1) is 13.0. The molecule has 0 spiro atoms. The predicted molar refractivity (Wildman–Crippen MR) is 58.9 cm³/mol. The van der Waals surface area contributed by atoms with Crippen LogP contribution in [-0.4, -0.2) is 23.7 Å². The Morgan fingerprint density at radius 1 is 1.38 bits per heavy atom. The number of esters is 1. The van der Waals surface area contributed by atoms with Gasteiger partial charge in [0.25, 0.3) is 0 Å². The molecule has 1 saturated carbocycles. The molecule has 0 heterocycles. The first-order valence-corrected chi connectivity index (χ1v) is 5.97. The second-order valence-electron chi connectivity index (χ2n) is 4.55. The highest BCUT2D eigenvalue weighted by molar-refractivity contribution is 5.81. The van der Waals surface area contributed by atoms with E-state index in [0.717, 1.165) is 19.3 Å². The minimum Gasteiger partial charge on any atom is -0.481 e. The SMILES string of the molecule is CCCOC(=O)C1CCCC(C)C1C(=O)O. The van der Waals surface area contributed by atoms with Crippen molar-refractivity contribution in [2.24, 2.45) is 17.8 Å². The molecule has 0 bridgehead atoms. The van der Waals surface area contributed by atoms with Crippen LogP contribution in [0.15, 0.2) is 0 Å². The molecule has 1 aliphatic rings. The number of carboxylic acids is 1. The molecule has 0 aromatic heterocycles. The number of hydrogen-bond acceptors (Lipinski definition) is 3. The summed E-state index contributed by atoms with van der Waals surface area (Å²) in [5.74, 6) is -2.16. The van der Waals surface area contributed by atoms with Crippen LogP contribution in [0, 0.1) is 17.8 Å². The van der Waals surface area contributed by atoms with Crippen LogP contribution in [0.1, 0.15) is 39.5 Å². The summed E-state index contributed by atoms with van der Waals surface area (Å²) >= 11 is 0. The molecule has 4 heteroatoms. The van der Waals surface area contributed by atoms with E-state index in [9.17, 15) is 9.59 Å². The minimum absolute atomic E-state index is 0.0606. The number of rotatable bonds is 4. The van der Waals surface area contributed by atoms with E-state index in [1.54, 1.807) is 0 Å². The van der Waals surface area contributed by atoms with Gasteiger partial charge in [-0.25, -0.2) is 0 Å². The van der Waals surface area contributed by atoms with Crippen LogP contribution in [0.4, 0.5) is 0 Å². The fourth-order valence-electron chi connectivity index (χ4n) is 2.41. The molecule has 0 saturated heterocycles. The second kappa shape index (κ2) is 5.87. The molecular formula is C12H20O4. The molecule has 0 aromatic carbocycles. The second-order valence-corrected chi connectivity index (χ2v) is 4.55. The van der Waals surface area contributed by atoms with Gasteiger partial charge in [-0.3, -0.25) is 9.59 Å². The van der Waals surface area contributed by atoms with E-state index >= 15 is 0 Å². The van der Waals surface area contributed by atoms with Crippen molar-refractivity contribution in [3.05, 3.63) is 0 Å². The van der Waals surface area contributed by atoms with Gasteiger partial charge in [0.05, 0.1) is 18.4 Å². The zero-order chi connectivity index (χ0) is 12.1. The predicted octanol–water partition coefficient (Wildman–Crippen LogP) is 2.08. The standard InChI is InChI=1S/C12H20O4/c1-3-7-16-12(15)9-6-4-5-8(2)10(9)11(13)14/h8-10H,3-7H2,1-2H3,(H,13,14). The van der Waals surface area contributed by atoms with Crippen molar-refractivity contribution in [3.63, 3.8) is 0 Å². The molecule has 3 atom stereocenters. The van der Waals surface area contributed by atoms with Crippen molar-refractivity contribution in [1.82, 2.24) is 0 Å². The summed E-state index contributed by atoms with van der Waals surface area (Å²) in [6.45, 7) is 4.21. The highest BCUT2D eigenvalue weighted by atomic mass is 16.5. The lowest BCUT2D eigenvalue weighted by atomic mass is 9.73. The lowest BCUT2D eigenvalue weighted by Gasteiger charge is -2.31. The summed E-state index contributed by atoms with van der Waals surface area (Å²) in [4.78, 5) is 22.9. The van der Waals surface area contributed by atoms with Crippen LogP contribution in [0.3, 0.4) is 0 Å². The molecule has 92 valence electrons. The van der Waals surface area contributed by atoms with Crippen molar-refractivity contribution in [2.45, 2.75) is 39.5 Å². The van der Waals surface area contributed by atoms with E-state index < -0.39 is 17.8 Å². The summed E-state index contributed by atoms with van der Waals surface area (Å²) in [6.07, 6.45) is 3.21. The van der Waals surface area contributed by atoms with Crippen LogP contribution in [0.5, 0.6) is 0 Å². The van der Waals surface area contributed by atoms with E-state index in [1.165, 1.54) is 0 Å². The normalized spacial score (nSPS) is 29.8. The average molecular weight is 228 g/mol. The van der Waals surface area contributed by atoms with Gasteiger partial charge >= 0.3 is 11.9 Å². The van der Waals surface area contributed by atoms with Gasteiger partial charge in [0.1, 0.15) is 0 Å². The van der Waals surface area contributed by atoms with Crippen molar-refractivity contribution in [2.75, 3.05) is 6.61 Å². The van der Waals surface area contributed by atoms with E-state index in [4.69, 9.17) is 9.84 Å². The summed E-state index contributed by atoms with van der Waals surface area (Å²) in [5, 5.41) is 9.15. The fourth-order valence-corrected chi connectivity index (χ4v) is 2.41. The topological polar surface area (TPSA) is 63.6 Å². The maximum absolute atomic E-state index is 11.7. The van der Waals surface area contributed by atoms with Crippen molar-refractivity contribution in [3.8, 4) is 0 Å². The van der Waals surface area contributed by atoms with Gasteiger partial charge in [0.15, 0.2) is 0 Å². The molecule has 1 aliphatic carbocycles. The Balaban J connectivity index is 2.67. The highest BCUT2D eigenvalue weighted by Crippen LogP contribution is 2.35. The Bertz CT molecular complexity index is 262. The van der Waals surface area contributed by atoms with Gasteiger partial charge in [-0.2, -0.15) is 0 Å². The third-order valence-corrected chi connectivity index (χ3v) is 3.26. The smallest absolute Gasteiger partial charge is 0.309 e. The molecule has 4 nitrogen and oxygen atoms in total. The molecule has 16 heavy (non-hydrogen) atoms. The van der Waals surface area contributed by atoms with E-state index in [1.807, 2.05) is 13.8 Å². The molecule has 0 radical (unpaired) electrons. The number of ether oxygens (including phenoxy) is 1. The summed E-state index contributed by atoms with van der Waals surface area (Å²) < 4.78 is 5.06. The Hall–Kier alpha value is -1.06. The first-order chi connectivity index (χ1) is 7.57. The van der Waals surface area contributed by atoms with Crippen molar-refractivity contribution >= 4 is 11.9 Å². The lowest BCUT2D eigenvalue weighted by Crippen LogP contribution is -2.38. The van der Waals surface area contributed by atoms with Crippen LogP contribution in [0.2, 0.25) is 0 Å². The fraction of sp³-hybridized carbons (Fsp3) is 0.833. The molecule has 0 aromatic rings. The Morgan fingerprint density at radius 3 is 2.62 bits per heavy atom. The molecule has 3 unspecified atom stereocenters. The quantitative estimate of drug-likeness (QED) is 0.748. The molecule has 1 rings (SSSR count). The molecule has 0 amide bonds. The summed E-state index contributed by atoms with van der Waals surface area (Å²) in [6, 6.07) is 0. The lowest BCUT2D eigenvalue weighted by molar-refractivity contribution is -0.162. The Labute approximate surface area is 96.0 Å². The number of carbonyl (C=O) groups is 2. The Morgan fingerprint density at radius 2 is 2.06 bits per heavy atom. The van der Waals surface area contributed by atoms with Crippen LogP contribution in [0.25, 0.3) is 0 Å². The van der Waals surface area contributed by atoms with Crippen LogP contribution < -0.4 is 0 Å². The number of hydrogen-bond donors (Lipinski definition) is 1. The Kier molecular flexibility index (Phi) is 4.77. The van der Waals surface area contributed by atoms with Crippen LogP contribution >= 0.6 is 0 Å². The maximum Gasteiger partial charge on any atom is 0.309 e. The van der Waals surface area contributed by atoms with Crippen LogP contribution in [-0.2, 0) is 14.3 Å². The van der Waals surface area contributed by atoms with Gasteiger partial charge < -0.3 is 9.84 Å². The largest absolute Gasteiger partial charge is 0.481 e. The van der Waals surface area contributed by atoms with E-state index in [-0.39, 0.29) is 11.9 Å². The molecular weight excluding hydrogens is 208 g/mol. The zero-order valence-electron chi connectivity index (χ0n) is 9.94. The highest BCUT2D eigenvalue weighted by Gasteiger charge is 2.40. The average Bonchev–Trinajstić information content (AvgIpc) is 2.24. The number of carbonyl (C=O) groups excluding carboxylic acids is 1. The van der Waals surface area contributed by atoms with E-state index in [2.05, 4.69) is 0 Å². The molecule has 0 aliphatic heterocycles. The minimum atomic E-state index is -0.870. The number of carboxylic acid groups (broad SMARTS) is 1. The monoisotopic (exact) mass is 228 g/mol. The molecule has 1 fully saturated rings. The van der Waals surface area contributed by atoms with Gasteiger partial charge in [0, 0.05) is 0 Å². The molecule has 1 N–H and O–H groups in total. The van der Waals surface area contributed by atoms with Gasteiger partial charge in [0.2, 0.25) is 0 Å². The third-order valence-electron chi connectivity index (χ3n) is 3.26. The summed E-state index contributed by atoms with van der Waals surface area (Å²) in [5.41, 5.74) is 0. The first-order valence-electron chi connectivity index (χ1n) is 5.97. The number of aliphatic carboxylic acids is 1. The van der Waals surface area contributed by atoms with Crippen molar-refractivity contribution < 1.29 is 19.4 Å².